The second-order valence-electron chi connectivity index (χ2n) is 5.76. The first kappa shape index (κ1) is 18.7. The van der Waals surface area contributed by atoms with Gasteiger partial charge in [0.05, 0.1) is 28.0 Å². The normalized spacial score (nSPS) is 19.0. The van der Waals surface area contributed by atoms with Gasteiger partial charge in [-0.15, -0.1) is 0 Å². The molecule has 1 unspecified atom stereocenters. The minimum absolute atomic E-state index is 0.0448. The van der Waals surface area contributed by atoms with E-state index in [4.69, 9.17) is 11.6 Å². The molecule has 1 atom stereocenters. The lowest BCUT2D eigenvalue weighted by molar-refractivity contribution is -0.119. The summed E-state index contributed by atoms with van der Waals surface area (Å²) in [6.45, 7) is 4.94. The average molecular weight is 373 g/mol. The number of carbonyl (C=O) groups excluding carboxylic acids is 2. The lowest BCUT2D eigenvalue weighted by atomic mass is 10.1. The van der Waals surface area contributed by atoms with Crippen LogP contribution in [0.25, 0.3) is 0 Å². The summed E-state index contributed by atoms with van der Waals surface area (Å²) in [5.41, 5.74) is 0.826. The van der Waals surface area contributed by atoms with Crippen molar-refractivity contribution in [1.29, 1.82) is 0 Å². The molecule has 0 radical (unpaired) electrons. The monoisotopic (exact) mass is 372 g/mol. The van der Waals surface area contributed by atoms with Gasteiger partial charge in [-0.1, -0.05) is 11.6 Å². The van der Waals surface area contributed by atoms with Crippen LogP contribution in [0.2, 0.25) is 5.02 Å². The second kappa shape index (κ2) is 7.53. The van der Waals surface area contributed by atoms with Crippen LogP contribution >= 0.6 is 11.6 Å². The molecule has 1 heterocycles. The van der Waals surface area contributed by atoms with Gasteiger partial charge in [-0.25, -0.2) is 8.42 Å². The number of hydrogen-bond acceptors (Lipinski definition) is 4. The number of amides is 2. The van der Waals surface area contributed by atoms with Gasteiger partial charge in [0.15, 0.2) is 9.84 Å². The molecular weight excluding hydrogens is 352 g/mol. The predicted octanol–water partition coefficient (Wildman–Crippen LogP) is 2.20. The summed E-state index contributed by atoms with van der Waals surface area (Å²) in [4.78, 5) is 26.1. The van der Waals surface area contributed by atoms with E-state index in [1.54, 1.807) is 17.0 Å². The minimum atomic E-state index is -3.11. The molecule has 0 aliphatic carbocycles. The van der Waals surface area contributed by atoms with E-state index >= 15 is 0 Å². The van der Waals surface area contributed by atoms with Crippen molar-refractivity contribution >= 4 is 38.9 Å². The summed E-state index contributed by atoms with van der Waals surface area (Å²) in [6.07, 6.45) is 0.334. The quantitative estimate of drug-likeness (QED) is 0.858. The lowest BCUT2D eigenvalue weighted by Gasteiger charge is -2.19. The number of sulfone groups is 1. The van der Waals surface area contributed by atoms with E-state index in [-0.39, 0.29) is 28.3 Å². The fourth-order valence-electron chi connectivity index (χ4n) is 2.69. The average Bonchev–Trinajstić information content (AvgIpc) is 2.88. The van der Waals surface area contributed by atoms with Crippen molar-refractivity contribution in [3.05, 3.63) is 28.8 Å². The zero-order valence-electron chi connectivity index (χ0n) is 13.7. The van der Waals surface area contributed by atoms with Gasteiger partial charge >= 0.3 is 0 Å². The standard InChI is InChI=1S/C16H21ClN2O4S/c1-3-19(4-2)16(21)13-6-5-12(9-14(13)17)18-15(20)11-7-8-24(22,23)10-11/h5-6,9,11H,3-4,7-8,10H2,1-2H3,(H,18,20). The molecule has 1 fully saturated rings. The van der Waals surface area contributed by atoms with E-state index in [2.05, 4.69) is 5.32 Å². The number of benzene rings is 1. The summed E-state index contributed by atoms with van der Waals surface area (Å²) in [5, 5.41) is 2.93. The van der Waals surface area contributed by atoms with Gasteiger partial charge in [-0.2, -0.15) is 0 Å². The molecule has 0 saturated carbocycles. The Morgan fingerprint density at radius 1 is 1.29 bits per heavy atom. The number of nitrogens with zero attached hydrogens (tertiary/aromatic N) is 1. The highest BCUT2D eigenvalue weighted by atomic mass is 35.5. The van der Waals surface area contributed by atoms with Crippen molar-refractivity contribution in [1.82, 2.24) is 4.90 Å². The molecule has 24 heavy (non-hydrogen) atoms. The van der Waals surface area contributed by atoms with Crippen LogP contribution in [0, 0.1) is 5.92 Å². The first-order chi connectivity index (χ1) is 11.3. The van der Waals surface area contributed by atoms with Gasteiger partial charge in [-0.05, 0) is 38.5 Å². The van der Waals surface area contributed by atoms with Gasteiger partial charge in [0, 0.05) is 18.8 Å². The van der Waals surface area contributed by atoms with E-state index in [1.807, 2.05) is 13.8 Å². The van der Waals surface area contributed by atoms with Crippen LogP contribution < -0.4 is 5.32 Å². The zero-order valence-corrected chi connectivity index (χ0v) is 15.3. The van der Waals surface area contributed by atoms with Crippen LogP contribution in [0.3, 0.4) is 0 Å². The number of halogens is 1. The Balaban J connectivity index is 2.10. The van der Waals surface area contributed by atoms with Crippen LogP contribution in [0.1, 0.15) is 30.6 Å². The zero-order chi connectivity index (χ0) is 17.9. The van der Waals surface area contributed by atoms with E-state index < -0.39 is 15.8 Å². The third-order valence-corrected chi connectivity index (χ3v) is 6.20. The van der Waals surface area contributed by atoms with Crippen molar-refractivity contribution in [2.75, 3.05) is 29.9 Å². The summed E-state index contributed by atoms with van der Waals surface area (Å²) in [5.74, 6) is -1.11. The van der Waals surface area contributed by atoms with E-state index in [9.17, 15) is 18.0 Å². The third kappa shape index (κ3) is 4.27. The van der Waals surface area contributed by atoms with Crippen LogP contribution in [-0.4, -0.2) is 49.7 Å². The maximum atomic E-state index is 12.3. The Bertz CT molecular complexity index is 744. The maximum absolute atomic E-state index is 12.3. The fraction of sp³-hybridized carbons (Fsp3) is 0.500. The molecule has 0 bridgehead atoms. The van der Waals surface area contributed by atoms with Crippen molar-refractivity contribution < 1.29 is 18.0 Å². The molecule has 1 aromatic carbocycles. The smallest absolute Gasteiger partial charge is 0.255 e. The Kier molecular flexibility index (Phi) is 5.87. The largest absolute Gasteiger partial charge is 0.339 e. The minimum Gasteiger partial charge on any atom is -0.339 e. The van der Waals surface area contributed by atoms with Crippen LogP contribution in [-0.2, 0) is 14.6 Å². The summed E-state index contributed by atoms with van der Waals surface area (Å²) in [6, 6.07) is 4.69. The molecule has 8 heteroatoms. The molecule has 2 amide bonds. The van der Waals surface area contributed by atoms with Gasteiger partial charge in [-0.3, -0.25) is 9.59 Å². The molecule has 6 nitrogen and oxygen atoms in total. The van der Waals surface area contributed by atoms with Crippen LogP contribution in [0.15, 0.2) is 18.2 Å². The molecule has 0 spiro atoms. The molecule has 1 aliphatic heterocycles. The predicted molar refractivity (Wildman–Crippen MR) is 94.1 cm³/mol. The number of rotatable bonds is 5. The van der Waals surface area contributed by atoms with Crippen molar-refractivity contribution in [3.8, 4) is 0 Å². The fourth-order valence-corrected chi connectivity index (χ4v) is 4.70. The Hall–Kier alpha value is -1.60. The summed E-state index contributed by atoms with van der Waals surface area (Å²) >= 11 is 6.18. The lowest BCUT2D eigenvalue weighted by Crippen LogP contribution is -2.30. The highest BCUT2D eigenvalue weighted by molar-refractivity contribution is 7.91. The Morgan fingerprint density at radius 2 is 1.96 bits per heavy atom. The van der Waals surface area contributed by atoms with Crippen molar-refractivity contribution in [3.63, 3.8) is 0 Å². The van der Waals surface area contributed by atoms with E-state index in [0.717, 1.165) is 0 Å². The van der Waals surface area contributed by atoms with Gasteiger partial charge in [0.1, 0.15) is 0 Å². The molecule has 1 saturated heterocycles. The van der Waals surface area contributed by atoms with Gasteiger partial charge in [0.2, 0.25) is 5.91 Å². The number of anilines is 1. The molecule has 1 aromatic rings. The second-order valence-corrected chi connectivity index (χ2v) is 8.40. The number of hydrogen-bond donors (Lipinski definition) is 1. The van der Waals surface area contributed by atoms with E-state index in [1.165, 1.54) is 6.07 Å². The molecule has 132 valence electrons. The van der Waals surface area contributed by atoms with Gasteiger partial charge in [0.25, 0.3) is 5.91 Å². The number of nitrogens with one attached hydrogen (secondary N) is 1. The Labute approximate surface area is 147 Å². The first-order valence-electron chi connectivity index (χ1n) is 7.87. The molecule has 0 aromatic heterocycles. The molecule has 1 aliphatic rings. The summed E-state index contributed by atoms with van der Waals surface area (Å²) < 4.78 is 22.9. The third-order valence-electron chi connectivity index (χ3n) is 4.12. The molecule has 1 N–H and O–H groups in total. The molecular formula is C16H21ClN2O4S. The SMILES string of the molecule is CCN(CC)C(=O)c1ccc(NC(=O)C2CCS(=O)(=O)C2)cc1Cl. The highest BCUT2D eigenvalue weighted by Crippen LogP contribution is 2.25. The van der Waals surface area contributed by atoms with E-state index in [0.29, 0.717) is 30.8 Å². The Morgan fingerprint density at radius 3 is 2.46 bits per heavy atom. The molecule has 2 rings (SSSR count). The van der Waals surface area contributed by atoms with Crippen LogP contribution in [0.5, 0.6) is 0 Å². The topological polar surface area (TPSA) is 83.6 Å². The van der Waals surface area contributed by atoms with Crippen molar-refractivity contribution in [2.45, 2.75) is 20.3 Å². The van der Waals surface area contributed by atoms with Crippen LogP contribution in [0.4, 0.5) is 5.69 Å². The van der Waals surface area contributed by atoms with Crippen molar-refractivity contribution in [2.24, 2.45) is 5.92 Å². The van der Waals surface area contributed by atoms with Gasteiger partial charge < -0.3 is 10.2 Å². The maximum Gasteiger partial charge on any atom is 0.255 e. The number of carbonyl (C=O) groups is 2. The summed E-state index contributed by atoms with van der Waals surface area (Å²) in [7, 11) is -3.11. The first-order valence-corrected chi connectivity index (χ1v) is 10.1. The highest BCUT2D eigenvalue weighted by Gasteiger charge is 2.33.